The van der Waals surface area contributed by atoms with Gasteiger partial charge in [-0.1, -0.05) is 0 Å². The summed E-state index contributed by atoms with van der Waals surface area (Å²) in [4.78, 5) is 4.19. The molecule has 2 rings (SSSR count). The Morgan fingerprint density at radius 1 is 1.33 bits per heavy atom. The van der Waals surface area contributed by atoms with E-state index in [-0.39, 0.29) is 24.8 Å². The van der Waals surface area contributed by atoms with Gasteiger partial charge in [0.05, 0.1) is 12.2 Å². The van der Waals surface area contributed by atoms with Crippen molar-refractivity contribution >= 4 is 24.8 Å². The van der Waals surface area contributed by atoms with Gasteiger partial charge in [0.15, 0.2) is 0 Å². The summed E-state index contributed by atoms with van der Waals surface area (Å²) in [5.74, 6) is 0.615. The number of hydrogen-bond donors (Lipinski definition) is 2. The molecule has 6 heteroatoms. The summed E-state index contributed by atoms with van der Waals surface area (Å²) in [6, 6.07) is 3.72. The Kier molecular flexibility index (Phi) is 7.55. The molecule has 18 heavy (non-hydrogen) atoms. The molecule has 0 atom stereocenters. The molecule has 4 nitrogen and oxygen atoms in total. The minimum Gasteiger partial charge on any atom is -0.478 e. The van der Waals surface area contributed by atoms with Crippen molar-refractivity contribution in [2.75, 3.05) is 19.7 Å². The Balaban J connectivity index is 0.00000144. The lowest BCUT2D eigenvalue weighted by atomic mass is 9.86. The molecule has 0 radical (unpaired) electrons. The van der Waals surface area contributed by atoms with Gasteiger partial charge in [-0.25, -0.2) is 4.98 Å². The van der Waals surface area contributed by atoms with Crippen LogP contribution in [0.25, 0.3) is 0 Å². The van der Waals surface area contributed by atoms with E-state index in [1.54, 1.807) is 6.20 Å². The van der Waals surface area contributed by atoms with E-state index in [0.717, 1.165) is 31.5 Å². The third-order valence-electron chi connectivity index (χ3n) is 3.00. The van der Waals surface area contributed by atoms with Gasteiger partial charge in [-0.3, -0.25) is 0 Å². The lowest BCUT2D eigenvalue weighted by molar-refractivity contribution is 0.00557. The molecule has 0 aromatic carbocycles. The maximum Gasteiger partial charge on any atom is 0.213 e. The van der Waals surface area contributed by atoms with Gasteiger partial charge in [0.25, 0.3) is 0 Å². The third kappa shape index (κ3) is 3.99. The number of nitrogens with zero attached hydrogens (tertiary/aromatic N) is 1. The van der Waals surface area contributed by atoms with Crippen LogP contribution in [0.4, 0.5) is 0 Å². The lowest BCUT2D eigenvalue weighted by Crippen LogP contribution is -2.39. The van der Waals surface area contributed by atoms with Crippen molar-refractivity contribution in [2.45, 2.75) is 25.4 Å². The van der Waals surface area contributed by atoms with Crippen LogP contribution in [-0.4, -0.2) is 29.8 Å². The van der Waals surface area contributed by atoms with Crippen LogP contribution in [0.2, 0.25) is 0 Å². The summed E-state index contributed by atoms with van der Waals surface area (Å²) in [5, 5.41) is 13.7. The molecule has 1 aromatic rings. The first kappa shape index (κ1) is 17.4. The maximum absolute atomic E-state index is 10.4. The standard InChI is InChI=1S/C12H18N2O2.2ClH/c1-2-16-11-4-3-10(9-14-11)12(15)5-7-13-8-6-12;;/h3-4,9,13,15H,2,5-8H2,1H3;2*1H. The fourth-order valence-electron chi connectivity index (χ4n) is 2.02. The van der Waals surface area contributed by atoms with Crippen LogP contribution < -0.4 is 10.1 Å². The molecule has 0 bridgehead atoms. The maximum atomic E-state index is 10.4. The highest BCUT2D eigenvalue weighted by molar-refractivity contribution is 5.85. The van der Waals surface area contributed by atoms with E-state index in [0.29, 0.717) is 12.5 Å². The minimum absolute atomic E-state index is 0. The molecule has 0 spiro atoms. The SMILES string of the molecule is CCOc1ccc(C2(O)CCNCC2)cn1.Cl.Cl. The largest absolute Gasteiger partial charge is 0.478 e. The van der Waals surface area contributed by atoms with E-state index in [9.17, 15) is 5.11 Å². The summed E-state index contributed by atoms with van der Waals surface area (Å²) < 4.78 is 5.28. The highest BCUT2D eigenvalue weighted by atomic mass is 35.5. The molecule has 0 aliphatic carbocycles. The number of ether oxygens (including phenoxy) is 1. The van der Waals surface area contributed by atoms with Crippen LogP contribution in [0.15, 0.2) is 18.3 Å². The third-order valence-corrected chi connectivity index (χ3v) is 3.00. The summed E-state index contributed by atoms with van der Waals surface area (Å²) in [5.41, 5.74) is 0.167. The van der Waals surface area contributed by atoms with E-state index in [2.05, 4.69) is 10.3 Å². The van der Waals surface area contributed by atoms with E-state index in [4.69, 9.17) is 4.74 Å². The first-order chi connectivity index (χ1) is 7.74. The fraction of sp³-hybridized carbons (Fsp3) is 0.583. The van der Waals surface area contributed by atoms with Gasteiger partial charge in [-0.05, 0) is 38.9 Å². The van der Waals surface area contributed by atoms with Gasteiger partial charge in [0.1, 0.15) is 0 Å². The average Bonchev–Trinajstić information content (AvgIpc) is 2.31. The van der Waals surface area contributed by atoms with Crippen molar-refractivity contribution < 1.29 is 9.84 Å². The zero-order chi connectivity index (χ0) is 11.4. The number of aliphatic hydroxyl groups is 1. The van der Waals surface area contributed by atoms with Crippen LogP contribution in [0, 0.1) is 0 Å². The van der Waals surface area contributed by atoms with Crippen LogP contribution in [0.1, 0.15) is 25.3 Å². The van der Waals surface area contributed by atoms with E-state index >= 15 is 0 Å². The highest BCUT2D eigenvalue weighted by Crippen LogP contribution is 2.30. The molecule has 0 saturated carbocycles. The number of nitrogens with one attached hydrogen (secondary N) is 1. The fourth-order valence-corrected chi connectivity index (χ4v) is 2.02. The van der Waals surface area contributed by atoms with Gasteiger partial charge in [-0.2, -0.15) is 0 Å². The molecular weight excluding hydrogens is 275 g/mol. The van der Waals surface area contributed by atoms with Gasteiger partial charge < -0.3 is 15.2 Å². The summed E-state index contributed by atoms with van der Waals surface area (Å²) in [6.07, 6.45) is 3.20. The lowest BCUT2D eigenvalue weighted by Gasteiger charge is -2.32. The average molecular weight is 295 g/mol. The molecule has 104 valence electrons. The molecule has 1 saturated heterocycles. The second kappa shape index (κ2) is 7.79. The number of piperidine rings is 1. The van der Waals surface area contributed by atoms with Gasteiger partial charge >= 0.3 is 0 Å². The number of rotatable bonds is 3. The van der Waals surface area contributed by atoms with Gasteiger partial charge in [-0.15, -0.1) is 24.8 Å². The predicted octanol–water partition coefficient (Wildman–Crippen LogP) is 1.89. The van der Waals surface area contributed by atoms with Crippen molar-refractivity contribution in [2.24, 2.45) is 0 Å². The highest BCUT2D eigenvalue weighted by Gasteiger charge is 2.31. The second-order valence-electron chi connectivity index (χ2n) is 4.10. The molecular formula is C12H20Cl2N2O2. The monoisotopic (exact) mass is 294 g/mol. The molecule has 1 aromatic heterocycles. The molecule has 1 fully saturated rings. The van der Waals surface area contributed by atoms with Crippen molar-refractivity contribution in [1.82, 2.24) is 10.3 Å². The minimum atomic E-state index is -0.719. The Hall–Kier alpha value is -0.550. The second-order valence-corrected chi connectivity index (χ2v) is 4.10. The molecule has 0 unspecified atom stereocenters. The van der Waals surface area contributed by atoms with Crippen molar-refractivity contribution in [3.8, 4) is 5.88 Å². The van der Waals surface area contributed by atoms with Crippen molar-refractivity contribution in [1.29, 1.82) is 0 Å². The Labute approximate surface area is 120 Å². The van der Waals surface area contributed by atoms with E-state index < -0.39 is 5.60 Å². The number of hydrogen-bond acceptors (Lipinski definition) is 4. The number of aromatic nitrogens is 1. The molecule has 1 aliphatic heterocycles. The summed E-state index contributed by atoms with van der Waals surface area (Å²) >= 11 is 0. The summed E-state index contributed by atoms with van der Waals surface area (Å²) in [7, 11) is 0. The van der Waals surface area contributed by atoms with E-state index in [1.807, 2.05) is 19.1 Å². The number of pyridine rings is 1. The normalized spacial score (nSPS) is 17.2. The van der Waals surface area contributed by atoms with Crippen molar-refractivity contribution in [3.05, 3.63) is 23.9 Å². The first-order valence-corrected chi connectivity index (χ1v) is 5.77. The zero-order valence-corrected chi connectivity index (χ0v) is 12.0. The van der Waals surface area contributed by atoms with Crippen LogP contribution in [0.3, 0.4) is 0 Å². The molecule has 1 aliphatic rings. The Bertz CT molecular complexity index is 340. The molecule has 2 N–H and O–H groups in total. The quantitative estimate of drug-likeness (QED) is 0.894. The molecule has 2 heterocycles. The Morgan fingerprint density at radius 3 is 2.50 bits per heavy atom. The van der Waals surface area contributed by atoms with Gasteiger partial charge in [0.2, 0.25) is 5.88 Å². The summed E-state index contributed by atoms with van der Waals surface area (Å²) in [6.45, 7) is 4.24. The number of halogens is 2. The zero-order valence-electron chi connectivity index (χ0n) is 10.4. The van der Waals surface area contributed by atoms with Gasteiger partial charge in [0, 0.05) is 17.8 Å². The van der Waals surface area contributed by atoms with Crippen LogP contribution >= 0.6 is 24.8 Å². The first-order valence-electron chi connectivity index (χ1n) is 5.77. The Morgan fingerprint density at radius 2 is 2.00 bits per heavy atom. The molecule has 0 amide bonds. The van der Waals surface area contributed by atoms with Crippen molar-refractivity contribution in [3.63, 3.8) is 0 Å². The van der Waals surface area contributed by atoms with Crippen LogP contribution in [0.5, 0.6) is 5.88 Å². The topological polar surface area (TPSA) is 54.4 Å². The van der Waals surface area contributed by atoms with Crippen LogP contribution in [-0.2, 0) is 5.60 Å². The smallest absolute Gasteiger partial charge is 0.213 e. The van der Waals surface area contributed by atoms with E-state index in [1.165, 1.54) is 0 Å². The predicted molar refractivity (Wildman–Crippen MR) is 75.9 cm³/mol.